The number of amides is 3. The summed E-state index contributed by atoms with van der Waals surface area (Å²) in [5, 5.41) is 6.81. The normalized spacial score (nSPS) is 16.9. The number of hydrogen-bond donors (Lipinski definition) is 1. The van der Waals surface area contributed by atoms with Crippen LogP contribution in [0.25, 0.3) is 0 Å². The monoisotopic (exact) mass is 421 g/mol. The van der Waals surface area contributed by atoms with Crippen LogP contribution >= 0.6 is 0 Å². The summed E-state index contributed by atoms with van der Waals surface area (Å²) in [6.07, 6.45) is 0.0768. The number of anilines is 1. The van der Waals surface area contributed by atoms with Gasteiger partial charge < -0.3 is 15.1 Å². The minimum atomic E-state index is -4.47. The first-order chi connectivity index (χ1) is 14.3. The van der Waals surface area contributed by atoms with Crippen molar-refractivity contribution in [2.75, 3.05) is 31.5 Å². The molecule has 1 aromatic carbocycles. The third kappa shape index (κ3) is 4.12. The fraction of sp³-hybridized carbons (Fsp3) is 0.450. The summed E-state index contributed by atoms with van der Waals surface area (Å²) in [7, 11) is 0. The molecule has 0 bridgehead atoms. The number of rotatable bonds is 2. The smallest absolute Gasteiger partial charge is 0.335 e. The molecule has 30 heavy (non-hydrogen) atoms. The van der Waals surface area contributed by atoms with Crippen LogP contribution in [0.1, 0.15) is 34.5 Å². The highest BCUT2D eigenvalue weighted by atomic mass is 19.4. The number of fused-ring (bicyclic) bond motifs is 1. The molecule has 2 aliphatic rings. The van der Waals surface area contributed by atoms with E-state index in [-0.39, 0.29) is 11.6 Å². The van der Waals surface area contributed by atoms with E-state index in [2.05, 4.69) is 10.4 Å². The van der Waals surface area contributed by atoms with E-state index in [4.69, 9.17) is 0 Å². The van der Waals surface area contributed by atoms with Crippen LogP contribution in [0.2, 0.25) is 0 Å². The van der Waals surface area contributed by atoms with Crippen molar-refractivity contribution in [2.45, 2.75) is 32.0 Å². The number of hydrogen-bond acceptors (Lipinski definition) is 3. The Bertz CT molecular complexity index is 948. The standard InChI is InChI=1S/C20H22F3N5O2/c21-20(22,23)14-4-3-5-15(12-14)25-19(30)27-10-8-26(9-11-27)18(29)16-13-24-28-7-2-1-6-17(16)28/h3-5,12-13H,1-2,6-11H2,(H,25,30). The molecule has 0 unspecified atom stereocenters. The van der Waals surface area contributed by atoms with Gasteiger partial charge in [0.2, 0.25) is 0 Å². The maximum atomic E-state index is 12.9. The number of alkyl halides is 3. The topological polar surface area (TPSA) is 70.5 Å². The van der Waals surface area contributed by atoms with Crippen molar-refractivity contribution in [1.29, 1.82) is 0 Å². The molecule has 7 nitrogen and oxygen atoms in total. The molecule has 3 amide bonds. The Kier molecular flexibility index (Phi) is 5.40. The van der Waals surface area contributed by atoms with Gasteiger partial charge >= 0.3 is 12.2 Å². The molecule has 0 saturated carbocycles. The molecule has 4 rings (SSSR count). The minimum Gasteiger partial charge on any atom is -0.335 e. The third-order valence-electron chi connectivity index (χ3n) is 5.51. The molecule has 2 aromatic rings. The SMILES string of the molecule is O=C(Nc1cccc(C(F)(F)F)c1)N1CCN(C(=O)c2cnn3c2CCCC3)CC1. The molecular formula is C20H22F3N5O2. The number of halogens is 3. The molecule has 10 heteroatoms. The van der Waals surface area contributed by atoms with E-state index in [0.717, 1.165) is 43.6 Å². The van der Waals surface area contributed by atoms with Crippen LogP contribution in [0.5, 0.6) is 0 Å². The van der Waals surface area contributed by atoms with Gasteiger partial charge in [-0.1, -0.05) is 6.07 Å². The van der Waals surface area contributed by atoms with E-state index in [1.807, 2.05) is 4.68 Å². The minimum absolute atomic E-state index is 0.0832. The average molecular weight is 421 g/mol. The summed E-state index contributed by atoms with van der Waals surface area (Å²) in [4.78, 5) is 28.5. The van der Waals surface area contributed by atoms with Gasteiger partial charge in [-0.2, -0.15) is 18.3 Å². The molecule has 0 atom stereocenters. The molecule has 0 aliphatic carbocycles. The Morgan fingerprint density at radius 2 is 1.73 bits per heavy atom. The van der Waals surface area contributed by atoms with Crippen molar-refractivity contribution in [2.24, 2.45) is 0 Å². The van der Waals surface area contributed by atoms with Crippen LogP contribution in [-0.2, 0) is 19.1 Å². The van der Waals surface area contributed by atoms with Crippen LogP contribution in [0.3, 0.4) is 0 Å². The van der Waals surface area contributed by atoms with Gasteiger partial charge in [-0.05, 0) is 37.5 Å². The summed E-state index contributed by atoms with van der Waals surface area (Å²) < 4.78 is 40.4. The van der Waals surface area contributed by atoms with Gasteiger partial charge in [-0.15, -0.1) is 0 Å². The number of piperazine rings is 1. The molecule has 0 radical (unpaired) electrons. The molecule has 1 fully saturated rings. The molecule has 3 heterocycles. The number of benzene rings is 1. The summed E-state index contributed by atoms with van der Waals surface area (Å²) in [5.74, 6) is -0.0870. The van der Waals surface area contributed by atoms with Crippen LogP contribution in [-0.4, -0.2) is 57.7 Å². The lowest BCUT2D eigenvalue weighted by molar-refractivity contribution is -0.137. The van der Waals surface area contributed by atoms with Crippen molar-refractivity contribution in [3.05, 3.63) is 47.3 Å². The van der Waals surface area contributed by atoms with Gasteiger partial charge in [-0.3, -0.25) is 9.48 Å². The van der Waals surface area contributed by atoms with E-state index >= 15 is 0 Å². The molecule has 160 valence electrons. The maximum absolute atomic E-state index is 12.9. The lowest BCUT2D eigenvalue weighted by Crippen LogP contribution is -2.51. The van der Waals surface area contributed by atoms with Crippen LogP contribution < -0.4 is 5.32 Å². The number of urea groups is 1. The molecule has 1 N–H and O–H groups in total. The number of nitrogens with zero attached hydrogens (tertiary/aromatic N) is 4. The molecular weight excluding hydrogens is 399 g/mol. The highest BCUT2D eigenvalue weighted by molar-refractivity contribution is 5.95. The lowest BCUT2D eigenvalue weighted by atomic mass is 10.1. The van der Waals surface area contributed by atoms with E-state index in [1.165, 1.54) is 17.0 Å². The van der Waals surface area contributed by atoms with Crippen molar-refractivity contribution in [3.63, 3.8) is 0 Å². The highest BCUT2D eigenvalue weighted by Gasteiger charge is 2.31. The zero-order chi connectivity index (χ0) is 21.3. The quantitative estimate of drug-likeness (QED) is 0.810. The number of aromatic nitrogens is 2. The fourth-order valence-corrected chi connectivity index (χ4v) is 3.86. The Balaban J connectivity index is 1.35. The summed E-state index contributed by atoms with van der Waals surface area (Å²) >= 11 is 0. The van der Waals surface area contributed by atoms with Gasteiger partial charge in [0.15, 0.2) is 0 Å². The Hall–Kier alpha value is -3.04. The highest BCUT2D eigenvalue weighted by Crippen LogP contribution is 2.30. The molecule has 1 aromatic heterocycles. The summed E-state index contributed by atoms with van der Waals surface area (Å²) in [6, 6.07) is 4.04. The van der Waals surface area contributed by atoms with Crippen molar-refractivity contribution >= 4 is 17.6 Å². The first-order valence-electron chi connectivity index (χ1n) is 9.90. The second-order valence-corrected chi connectivity index (χ2v) is 7.47. The first kappa shape index (κ1) is 20.2. The number of carbonyl (C=O) groups excluding carboxylic acids is 2. The number of nitrogens with one attached hydrogen (secondary N) is 1. The van der Waals surface area contributed by atoms with Gasteiger partial charge in [0.25, 0.3) is 5.91 Å². The van der Waals surface area contributed by atoms with Gasteiger partial charge in [0.1, 0.15) is 0 Å². The second-order valence-electron chi connectivity index (χ2n) is 7.47. The fourth-order valence-electron chi connectivity index (χ4n) is 3.86. The number of aryl methyl sites for hydroxylation is 1. The summed E-state index contributed by atoms with van der Waals surface area (Å²) in [6.45, 7) is 2.16. The molecule has 0 spiro atoms. The van der Waals surface area contributed by atoms with Gasteiger partial charge in [0, 0.05) is 38.4 Å². The van der Waals surface area contributed by atoms with Crippen molar-refractivity contribution in [3.8, 4) is 0 Å². The Morgan fingerprint density at radius 3 is 2.47 bits per heavy atom. The summed E-state index contributed by atoms with van der Waals surface area (Å²) in [5.41, 5.74) is 0.854. The number of carbonyl (C=O) groups is 2. The lowest BCUT2D eigenvalue weighted by Gasteiger charge is -2.34. The van der Waals surface area contributed by atoms with E-state index in [1.54, 1.807) is 11.1 Å². The molecule has 1 saturated heterocycles. The molecule has 2 aliphatic heterocycles. The Morgan fingerprint density at radius 1 is 1.00 bits per heavy atom. The zero-order valence-corrected chi connectivity index (χ0v) is 16.3. The van der Waals surface area contributed by atoms with Gasteiger partial charge in [0.05, 0.1) is 23.0 Å². The van der Waals surface area contributed by atoms with Crippen molar-refractivity contribution in [1.82, 2.24) is 19.6 Å². The van der Waals surface area contributed by atoms with Crippen LogP contribution in [0, 0.1) is 0 Å². The second kappa shape index (κ2) is 8.00. The van der Waals surface area contributed by atoms with E-state index < -0.39 is 17.8 Å². The average Bonchev–Trinajstić information content (AvgIpc) is 3.17. The third-order valence-corrected chi connectivity index (χ3v) is 5.51. The van der Waals surface area contributed by atoms with Crippen LogP contribution in [0.4, 0.5) is 23.7 Å². The van der Waals surface area contributed by atoms with E-state index in [9.17, 15) is 22.8 Å². The van der Waals surface area contributed by atoms with E-state index in [0.29, 0.717) is 31.7 Å². The Labute approximate surface area is 171 Å². The first-order valence-corrected chi connectivity index (χ1v) is 9.90. The van der Waals surface area contributed by atoms with Crippen LogP contribution in [0.15, 0.2) is 30.5 Å². The van der Waals surface area contributed by atoms with Crippen molar-refractivity contribution < 1.29 is 22.8 Å². The predicted octanol–water partition coefficient (Wildman–Crippen LogP) is 3.23. The zero-order valence-electron chi connectivity index (χ0n) is 16.3. The largest absolute Gasteiger partial charge is 0.416 e. The predicted molar refractivity (Wildman–Crippen MR) is 103 cm³/mol. The maximum Gasteiger partial charge on any atom is 0.416 e. The van der Waals surface area contributed by atoms with Gasteiger partial charge in [-0.25, -0.2) is 4.79 Å².